The minimum Gasteiger partial charge on any atom is -0.356 e. The number of para-hydroxylation sites is 2. The van der Waals surface area contributed by atoms with Crippen LogP contribution in [0.2, 0.25) is 0 Å². The molecule has 130 valence electrons. The highest BCUT2D eigenvalue weighted by Gasteiger charge is 2.13. The van der Waals surface area contributed by atoms with Gasteiger partial charge >= 0.3 is 0 Å². The molecule has 0 atom stereocenters. The van der Waals surface area contributed by atoms with Crippen LogP contribution in [0.5, 0.6) is 0 Å². The van der Waals surface area contributed by atoms with Gasteiger partial charge in [-0.05, 0) is 30.2 Å². The van der Waals surface area contributed by atoms with Gasteiger partial charge in [0.15, 0.2) is 0 Å². The molecule has 0 spiro atoms. The predicted octanol–water partition coefficient (Wildman–Crippen LogP) is 3.68. The normalized spacial score (nSPS) is 11.0. The number of amides is 1. The van der Waals surface area contributed by atoms with Crippen LogP contribution in [0.4, 0.5) is 4.39 Å². The molecular formula is C20H22FN3O. The van der Waals surface area contributed by atoms with Crippen LogP contribution in [0.25, 0.3) is 11.0 Å². The SMILES string of the molecule is CCCNC(=O)CCn1c(Cc2ccccc2F)nc2ccccc21. The molecule has 0 saturated carbocycles. The van der Waals surface area contributed by atoms with Crippen LogP contribution in [0, 0.1) is 5.82 Å². The summed E-state index contributed by atoms with van der Waals surface area (Å²) in [4.78, 5) is 16.6. The number of rotatable bonds is 7. The molecule has 1 N–H and O–H groups in total. The highest BCUT2D eigenvalue weighted by Crippen LogP contribution is 2.20. The number of fused-ring (bicyclic) bond motifs is 1. The van der Waals surface area contributed by atoms with Crippen molar-refractivity contribution in [1.82, 2.24) is 14.9 Å². The van der Waals surface area contributed by atoms with Crippen molar-refractivity contribution < 1.29 is 9.18 Å². The molecule has 0 aliphatic heterocycles. The third kappa shape index (κ3) is 4.05. The molecule has 25 heavy (non-hydrogen) atoms. The van der Waals surface area contributed by atoms with E-state index in [-0.39, 0.29) is 11.7 Å². The molecule has 5 heteroatoms. The number of aryl methyl sites for hydroxylation is 1. The Morgan fingerprint density at radius 1 is 1.16 bits per heavy atom. The highest BCUT2D eigenvalue weighted by atomic mass is 19.1. The number of nitrogens with zero attached hydrogens (tertiary/aromatic N) is 2. The van der Waals surface area contributed by atoms with Gasteiger partial charge in [0, 0.05) is 25.9 Å². The topological polar surface area (TPSA) is 46.9 Å². The Kier molecular flexibility index (Phi) is 5.43. The van der Waals surface area contributed by atoms with Crippen molar-refractivity contribution in [3.05, 3.63) is 65.7 Å². The molecule has 0 aliphatic rings. The predicted molar refractivity (Wildman–Crippen MR) is 96.9 cm³/mol. The first-order valence-corrected chi connectivity index (χ1v) is 8.63. The van der Waals surface area contributed by atoms with Crippen LogP contribution >= 0.6 is 0 Å². The van der Waals surface area contributed by atoms with Crippen molar-refractivity contribution in [3.8, 4) is 0 Å². The summed E-state index contributed by atoms with van der Waals surface area (Å²) in [5.41, 5.74) is 2.44. The molecule has 0 radical (unpaired) electrons. The van der Waals surface area contributed by atoms with Crippen LogP contribution in [0.1, 0.15) is 31.2 Å². The number of halogens is 1. The standard InChI is InChI=1S/C20H22FN3O/c1-2-12-22-20(25)11-13-24-18-10-6-5-9-17(18)23-19(24)14-15-7-3-4-8-16(15)21/h3-10H,2,11-14H2,1H3,(H,22,25). The molecular weight excluding hydrogens is 317 g/mol. The van der Waals surface area contributed by atoms with Crippen LogP contribution in [-0.4, -0.2) is 22.0 Å². The van der Waals surface area contributed by atoms with E-state index in [2.05, 4.69) is 10.3 Å². The van der Waals surface area contributed by atoms with E-state index in [9.17, 15) is 9.18 Å². The van der Waals surface area contributed by atoms with Crippen molar-refractivity contribution in [2.45, 2.75) is 32.7 Å². The van der Waals surface area contributed by atoms with E-state index < -0.39 is 0 Å². The Balaban J connectivity index is 1.87. The highest BCUT2D eigenvalue weighted by molar-refractivity contribution is 5.78. The minimum absolute atomic E-state index is 0.0245. The van der Waals surface area contributed by atoms with Crippen molar-refractivity contribution in [3.63, 3.8) is 0 Å². The summed E-state index contributed by atoms with van der Waals surface area (Å²) in [7, 11) is 0. The molecule has 1 heterocycles. The largest absolute Gasteiger partial charge is 0.356 e. The summed E-state index contributed by atoms with van der Waals surface area (Å²) in [5, 5.41) is 2.89. The summed E-state index contributed by atoms with van der Waals surface area (Å²) in [6.07, 6.45) is 1.70. The van der Waals surface area contributed by atoms with Crippen LogP contribution in [0.3, 0.4) is 0 Å². The molecule has 0 unspecified atom stereocenters. The Hall–Kier alpha value is -2.69. The van der Waals surface area contributed by atoms with Gasteiger partial charge in [-0.2, -0.15) is 0 Å². The van der Waals surface area contributed by atoms with Crippen molar-refractivity contribution >= 4 is 16.9 Å². The summed E-state index contributed by atoms with van der Waals surface area (Å²) in [6, 6.07) is 14.5. The Labute approximate surface area is 146 Å². The van der Waals surface area contributed by atoms with E-state index in [1.54, 1.807) is 12.1 Å². The van der Waals surface area contributed by atoms with E-state index in [4.69, 9.17) is 0 Å². The quantitative estimate of drug-likeness (QED) is 0.714. The number of nitrogens with one attached hydrogen (secondary N) is 1. The zero-order valence-electron chi connectivity index (χ0n) is 14.3. The van der Waals surface area contributed by atoms with E-state index in [1.807, 2.05) is 41.8 Å². The lowest BCUT2D eigenvalue weighted by Crippen LogP contribution is -2.25. The van der Waals surface area contributed by atoms with E-state index >= 15 is 0 Å². The maximum absolute atomic E-state index is 14.0. The van der Waals surface area contributed by atoms with Gasteiger partial charge in [0.25, 0.3) is 0 Å². The molecule has 0 aliphatic carbocycles. The van der Waals surface area contributed by atoms with Gasteiger partial charge in [0.05, 0.1) is 11.0 Å². The maximum atomic E-state index is 14.0. The molecule has 2 aromatic carbocycles. The molecule has 0 saturated heterocycles. The number of imidazole rings is 1. The fraction of sp³-hybridized carbons (Fsp3) is 0.300. The van der Waals surface area contributed by atoms with Gasteiger partial charge in [0.2, 0.25) is 5.91 Å². The van der Waals surface area contributed by atoms with Crippen LogP contribution < -0.4 is 5.32 Å². The van der Waals surface area contributed by atoms with Gasteiger partial charge in [-0.15, -0.1) is 0 Å². The fourth-order valence-electron chi connectivity index (χ4n) is 2.89. The maximum Gasteiger partial charge on any atom is 0.221 e. The zero-order chi connectivity index (χ0) is 17.6. The number of benzene rings is 2. The van der Waals surface area contributed by atoms with E-state index in [0.717, 1.165) is 23.3 Å². The first kappa shape index (κ1) is 17.1. The average molecular weight is 339 g/mol. The lowest BCUT2D eigenvalue weighted by atomic mass is 10.1. The Morgan fingerprint density at radius 3 is 2.72 bits per heavy atom. The molecule has 1 amide bonds. The summed E-state index contributed by atoms with van der Waals surface area (Å²) in [5.74, 6) is 0.563. The molecule has 0 bridgehead atoms. The van der Waals surface area contributed by atoms with Gasteiger partial charge in [0.1, 0.15) is 11.6 Å². The van der Waals surface area contributed by atoms with Crippen molar-refractivity contribution in [2.24, 2.45) is 0 Å². The zero-order valence-corrected chi connectivity index (χ0v) is 14.3. The number of carbonyl (C=O) groups is 1. The second-order valence-electron chi connectivity index (χ2n) is 6.04. The van der Waals surface area contributed by atoms with Crippen LogP contribution in [0.15, 0.2) is 48.5 Å². The monoisotopic (exact) mass is 339 g/mol. The van der Waals surface area contributed by atoms with Gasteiger partial charge in [-0.3, -0.25) is 4.79 Å². The van der Waals surface area contributed by atoms with Gasteiger partial charge < -0.3 is 9.88 Å². The van der Waals surface area contributed by atoms with Crippen LogP contribution in [-0.2, 0) is 17.8 Å². The average Bonchev–Trinajstić information content (AvgIpc) is 2.97. The Bertz CT molecular complexity index is 872. The molecule has 3 aromatic rings. The first-order chi connectivity index (χ1) is 12.2. The molecule has 3 rings (SSSR count). The number of aromatic nitrogens is 2. The van der Waals surface area contributed by atoms with Gasteiger partial charge in [-0.25, -0.2) is 9.37 Å². The second kappa shape index (κ2) is 7.92. The minimum atomic E-state index is -0.234. The van der Waals surface area contributed by atoms with Crippen molar-refractivity contribution in [2.75, 3.05) is 6.54 Å². The smallest absolute Gasteiger partial charge is 0.221 e. The number of hydrogen-bond donors (Lipinski definition) is 1. The molecule has 0 fully saturated rings. The number of carbonyl (C=O) groups excluding carboxylic acids is 1. The van der Waals surface area contributed by atoms with E-state index in [1.165, 1.54) is 6.07 Å². The summed E-state index contributed by atoms with van der Waals surface area (Å²) in [6.45, 7) is 3.24. The lowest BCUT2D eigenvalue weighted by molar-refractivity contribution is -0.121. The molecule has 4 nitrogen and oxygen atoms in total. The fourth-order valence-corrected chi connectivity index (χ4v) is 2.89. The lowest BCUT2D eigenvalue weighted by Gasteiger charge is -2.10. The van der Waals surface area contributed by atoms with Crippen molar-refractivity contribution in [1.29, 1.82) is 0 Å². The summed E-state index contributed by atoms with van der Waals surface area (Å²) >= 11 is 0. The third-order valence-corrected chi connectivity index (χ3v) is 4.17. The Morgan fingerprint density at radius 2 is 1.92 bits per heavy atom. The second-order valence-corrected chi connectivity index (χ2v) is 6.04. The van der Waals surface area contributed by atoms with Gasteiger partial charge in [-0.1, -0.05) is 37.3 Å². The number of hydrogen-bond acceptors (Lipinski definition) is 2. The molecule has 1 aromatic heterocycles. The first-order valence-electron chi connectivity index (χ1n) is 8.63. The summed E-state index contributed by atoms with van der Waals surface area (Å²) < 4.78 is 16.0. The third-order valence-electron chi connectivity index (χ3n) is 4.17. The van der Waals surface area contributed by atoms with E-state index in [0.29, 0.717) is 31.5 Å².